The molecule has 6 heteroatoms. The Morgan fingerprint density at radius 3 is 2.59 bits per heavy atom. The van der Waals surface area contributed by atoms with Crippen LogP contribution in [0.1, 0.15) is 43.1 Å². The number of nitrogens with one attached hydrogen (secondary N) is 2. The minimum atomic E-state index is 0.711. The van der Waals surface area contributed by atoms with E-state index in [1.165, 1.54) is 44.5 Å². The molecule has 0 atom stereocenters. The average Bonchev–Trinajstić information content (AvgIpc) is 3.09. The molecule has 0 amide bonds. The van der Waals surface area contributed by atoms with Crippen LogP contribution in [-0.2, 0) is 6.54 Å². The lowest BCUT2D eigenvalue weighted by Crippen LogP contribution is -2.39. The van der Waals surface area contributed by atoms with Crippen LogP contribution in [0, 0.1) is 19.8 Å². The Kier molecular flexibility index (Phi) is 7.69. The minimum absolute atomic E-state index is 0.711. The van der Waals surface area contributed by atoms with Crippen LogP contribution < -0.4 is 10.6 Å². The molecule has 1 saturated heterocycles. The summed E-state index contributed by atoms with van der Waals surface area (Å²) in [6.07, 6.45) is 3.84. The van der Waals surface area contributed by atoms with E-state index < -0.39 is 0 Å². The first-order valence-corrected chi connectivity index (χ1v) is 10.9. The van der Waals surface area contributed by atoms with Crippen LogP contribution in [0.5, 0.6) is 0 Å². The third kappa shape index (κ3) is 5.82. The molecule has 29 heavy (non-hydrogen) atoms. The van der Waals surface area contributed by atoms with E-state index >= 15 is 0 Å². The molecule has 1 aromatic heterocycles. The first-order chi connectivity index (χ1) is 14.1. The number of rotatable bonds is 7. The summed E-state index contributed by atoms with van der Waals surface area (Å²) < 4.78 is 2.02. The van der Waals surface area contributed by atoms with E-state index in [-0.39, 0.29) is 0 Å². The van der Waals surface area contributed by atoms with E-state index in [4.69, 9.17) is 0 Å². The van der Waals surface area contributed by atoms with Crippen LogP contribution in [0.15, 0.2) is 35.3 Å². The number of benzene rings is 1. The molecule has 0 aliphatic carbocycles. The van der Waals surface area contributed by atoms with Crippen molar-refractivity contribution < 1.29 is 0 Å². The number of piperidine rings is 1. The normalized spacial score (nSPS) is 16.2. The number of hydrogen-bond donors (Lipinski definition) is 2. The zero-order chi connectivity index (χ0) is 20.6. The summed E-state index contributed by atoms with van der Waals surface area (Å²) in [6, 6.07) is 10.5. The number of aromatic nitrogens is 2. The van der Waals surface area contributed by atoms with Crippen molar-refractivity contribution in [3.8, 4) is 5.69 Å². The van der Waals surface area contributed by atoms with Crippen LogP contribution in [0.3, 0.4) is 0 Å². The van der Waals surface area contributed by atoms with Gasteiger partial charge >= 0.3 is 0 Å². The number of hydrogen-bond acceptors (Lipinski definition) is 3. The molecule has 2 heterocycles. The van der Waals surface area contributed by atoms with Gasteiger partial charge in [0.15, 0.2) is 5.96 Å². The van der Waals surface area contributed by atoms with E-state index in [0.717, 1.165) is 35.5 Å². The van der Waals surface area contributed by atoms with E-state index in [2.05, 4.69) is 69.8 Å². The predicted molar refractivity (Wildman–Crippen MR) is 121 cm³/mol. The fourth-order valence-electron chi connectivity index (χ4n) is 4.13. The summed E-state index contributed by atoms with van der Waals surface area (Å²) in [5.41, 5.74) is 4.50. The van der Waals surface area contributed by atoms with Crippen molar-refractivity contribution in [3.63, 3.8) is 0 Å². The van der Waals surface area contributed by atoms with E-state index in [0.29, 0.717) is 6.54 Å². The molecule has 6 nitrogen and oxygen atoms in total. The molecule has 0 saturated carbocycles. The standard InChI is InChI=1S/C23H36N6/c1-5-28-14-11-20(12-15-28)10-13-25-23(24-4)26-17-21-8-6-7-9-22(21)29-19(3)16-18(2)27-29/h6-9,16,20H,5,10-15,17H2,1-4H3,(H2,24,25,26). The van der Waals surface area contributed by atoms with Gasteiger partial charge in [0.25, 0.3) is 0 Å². The van der Waals surface area contributed by atoms with Gasteiger partial charge in [-0.2, -0.15) is 5.10 Å². The van der Waals surface area contributed by atoms with Gasteiger partial charge in [-0.05, 0) is 76.4 Å². The molecule has 1 aliphatic heterocycles. The largest absolute Gasteiger partial charge is 0.356 e. The molecule has 2 N–H and O–H groups in total. The number of para-hydroxylation sites is 1. The van der Waals surface area contributed by atoms with Gasteiger partial charge in [-0.15, -0.1) is 0 Å². The number of aliphatic imine (C=N–C) groups is 1. The van der Waals surface area contributed by atoms with Gasteiger partial charge in [0.2, 0.25) is 0 Å². The van der Waals surface area contributed by atoms with E-state index in [9.17, 15) is 0 Å². The lowest BCUT2D eigenvalue weighted by molar-refractivity contribution is 0.187. The molecule has 0 spiro atoms. The Hall–Kier alpha value is -2.34. The first kappa shape index (κ1) is 21.4. The molecule has 1 fully saturated rings. The Labute approximate surface area is 175 Å². The second-order valence-corrected chi connectivity index (χ2v) is 7.99. The fourth-order valence-corrected chi connectivity index (χ4v) is 4.13. The zero-order valence-electron chi connectivity index (χ0n) is 18.4. The summed E-state index contributed by atoms with van der Waals surface area (Å²) in [5.74, 6) is 1.69. The SMILES string of the molecule is CCN1CCC(CCNC(=NC)NCc2ccccc2-n2nc(C)cc2C)CC1. The van der Waals surface area contributed by atoms with Crippen LogP contribution >= 0.6 is 0 Å². The smallest absolute Gasteiger partial charge is 0.191 e. The maximum Gasteiger partial charge on any atom is 0.191 e. The van der Waals surface area contributed by atoms with Crippen LogP contribution in [-0.4, -0.2) is 53.9 Å². The molecule has 1 aromatic carbocycles. The van der Waals surface area contributed by atoms with Crippen LogP contribution in [0.25, 0.3) is 5.69 Å². The summed E-state index contributed by atoms with van der Waals surface area (Å²) >= 11 is 0. The lowest BCUT2D eigenvalue weighted by atomic mass is 9.93. The maximum absolute atomic E-state index is 4.64. The fraction of sp³-hybridized carbons (Fsp3) is 0.565. The van der Waals surface area contributed by atoms with Crippen molar-refractivity contribution >= 4 is 5.96 Å². The Bertz CT molecular complexity index is 801. The van der Waals surface area contributed by atoms with Gasteiger partial charge in [0, 0.05) is 25.8 Å². The third-order valence-corrected chi connectivity index (χ3v) is 5.90. The maximum atomic E-state index is 4.64. The number of aryl methyl sites for hydroxylation is 2. The van der Waals surface area contributed by atoms with Gasteiger partial charge in [-0.3, -0.25) is 4.99 Å². The quantitative estimate of drug-likeness (QED) is 0.557. The van der Waals surface area contributed by atoms with Crippen molar-refractivity contribution in [2.45, 2.75) is 46.6 Å². The Morgan fingerprint density at radius 2 is 1.93 bits per heavy atom. The highest BCUT2D eigenvalue weighted by Gasteiger charge is 2.17. The second kappa shape index (κ2) is 10.4. The molecule has 0 bridgehead atoms. The minimum Gasteiger partial charge on any atom is -0.356 e. The zero-order valence-corrected chi connectivity index (χ0v) is 18.4. The first-order valence-electron chi connectivity index (χ1n) is 10.9. The van der Waals surface area contributed by atoms with Gasteiger partial charge in [0.1, 0.15) is 0 Å². The summed E-state index contributed by atoms with van der Waals surface area (Å²) in [7, 11) is 1.84. The van der Waals surface area contributed by atoms with Crippen molar-refractivity contribution in [2.75, 3.05) is 33.2 Å². The van der Waals surface area contributed by atoms with Crippen molar-refractivity contribution in [1.82, 2.24) is 25.3 Å². The molecule has 1 aliphatic rings. The highest BCUT2D eigenvalue weighted by atomic mass is 15.3. The third-order valence-electron chi connectivity index (χ3n) is 5.90. The van der Waals surface area contributed by atoms with Crippen LogP contribution in [0.2, 0.25) is 0 Å². The Morgan fingerprint density at radius 1 is 1.17 bits per heavy atom. The van der Waals surface area contributed by atoms with Gasteiger partial charge in [-0.1, -0.05) is 25.1 Å². The van der Waals surface area contributed by atoms with Gasteiger partial charge in [-0.25, -0.2) is 4.68 Å². The topological polar surface area (TPSA) is 57.5 Å². The number of likely N-dealkylation sites (tertiary alicyclic amines) is 1. The molecule has 0 unspecified atom stereocenters. The van der Waals surface area contributed by atoms with Crippen molar-refractivity contribution in [1.29, 1.82) is 0 Å². The average molecular weight is 397 g/mol. The van der Waals surface area contributed by atoms with Crippen LogP contribution in [0.4, 0.5) is 0 Å². The number of guanidine groups is 1. The molecule has 0 radical (unpaired) electrons. The predicted octanol–water partition coefficient (Wildman–Crippen LogP) is 3.28. The van der Waals surface area contributed by atoms with E-state index in [1.54, 1.807) is 0 Å². The molecular weight excluding hydrogens is 360 g/mol. The van der Waals surface area contributed by atoms with Gasteiger partial charge in [0.05, 0.1) is 11.4 Å². The lowest BCUT2D eigenvalue weighted by Gasteiger charge is -2.31. The molecule has 2 aromatic rings. The monoisotopic (exact) mass is 396 g/mol. The van der Waals surface area contributed by atoms with Crippen molar-refractivity contribution in [3.05, 3.63) is 47.3 Å². The molecular formula is C23H36N6. The molecule has 3 rings (SSSR count). The summed E-state index contributed by atoms with van der Waals surface area (Å²) in [4.78, 5) is 6.95. The van der Waals surface area contributed by atoms with Crippen molar-refractivity contribution in [2.24, 2.45) is 10.9 Å². The molecule has 158 valence electrons. The number of nitrogens with zero attached hydrogens (tertiary/aromatic N) is 4. The summed E-state index contributed by atoms with van der Waals surface area (Å²) in [6.45, 7) is 11.7. The van der Waals surface area contributed by atoms with E-state index in [1.807, 2.05) is 18.7 Å². The van der Waals surface area contributed by atoms with Gasteiger partial charge < -0.3 is 15.5 Å². The highest BCUT2D eigenvalue weighted by molar-refractivity contribution is 5.79. The second-order valence-electron chi connectivity index (χ2n) is 7.99. The Balaban J connectivity index is 1.51. The summed E-state index contributed by atoms with van der Waals surface area (Å²) in [5, 5.41) is 11.6. The highest BCUT2D eigenvalue weighted by Crippen LogP contribution is 2.19.